The first-order chi connectivity index (χ1) is 14.9. The Balaban J connectivity index is 1.95. The minimum Gasteiger partial charge on any atom is -0.493 e. The molecule has 1 amide bonds. The average Bonchev–Trinajstić information content (AvgIpc) is 2.80. The number of benzene rings is 2. The molecule has 0 aliphatic rings. The zero-order valence-electron chi connectivity index (χ0n) is 18.0. The van der Waals surface area contributed by atoms with E-state index in [9.17, 15) is 9.59 Å². The highest BCUT2D eigenvalue weighted by Crippen LogP contribution is 2.39. The van der Waals surface area contributed by atoms with E-state index in [4.69, 9.17) is 28.4 Å². The number of amides is 1. The maximum atomic E-state index is 12.1. The van der Waals surface area contributed by atoms with Gasteiger partial charge in [0, 0.05) is 23.9 Å². The standard InChI is InChI=1S/C22H25NO8/c1-26-16-8-6-14(10-17(16)27-2)7-9-21(25)31-13-20(24)23-15-11-18(28-3)22(30-5)19(12-15)29-4/h6-12H,13H2,1-5H3,(H,23,24)/b9-7+. The Bertz CT molecular complexity index is 930. The van der Waals surface area contributed by atoms with Crippen LogP contribution in [-0.4, -0.2) is 54.0 Å². The number of esters is 1. The van der Waals surface area contributed by atoms with Crippen LogP contribution in [0.15, 0.2) is 36.4 Å². The molecule has 0 aromatic heterocycles. The Labute approximate surface area is 180 Å². The number of carbonyl (C=O) groups excluding carboxylic acids is 2. The molecule has 0 saturated heterocycles. The van der Waals surface area contributed by atoms with Crippen molar-refractivity contribution in [1.29, 1.82) is 0 Å². The van der Waals surface area contributed by atoms with E-state index in [1.807, 2.05) is 0 Å². The number of nitrogens with one attached hydrogen (secondary N) is 1. The summed E-state index contributed by atoms with van der Waals surface area (Å²) in [5.74, 6) is 1.07. The van der Waals surface area contributed by atoms with E-state index in [1.54, 1.807) is 36.4 Å². The Kier molecular flexibility index (Phi) is 8.56. The maximum absolute atomic E-state index is 12.1. The third kappa shape index (κ3) is 6.30. The number of rotatable bonds is 10. The molecule has 0 fully saturated rings. The van der Waals surface area contributed by atoms with E-state index >= 15 is 0 Å². The highest BCUT2D eigenvalue weighted by molar-refractivity contribution is 5.95. The first-order valence-electron chi connectivity index (χ1n) is 9.12. The van der Waals surface area contributed by atoms with Gasteiger partial charge in [0.1, 0.15) is 0 Å². The average molecular weight is 431 g/mol. The molecule has 0 aliphatic heterocycles. The Hall–Kier alpha value is -3.88. The van der Waals surface area contributed by atoms with Crippen molar-refractivity contribution >= 4 is 23.6 Å². The van der Waals surface area contributed by atoms with Crippen molar-refractivity contribution in [3.8, 4) is 28.7 Å². The van der Waals surface area contributed by atoms with Gasteiger partial charge in [-0.25, -0.2) is 4.79 Å². The van der Waals surface area contributed by atoms with Crippen LogP contribution in [0.25, 0.3) is 6.08 Å². The van der Waals surface area contributed by atoms with Crippen LogP contribution in [0, 0.1) is 0 Å². The van der Waals surface area contributed by atoms with E-state index in [0.717, 1.165) is 0 Å². The monoisotopic (exact) mass is 431 g/mol. The summed E-state index contributed by atoms with van der Waals surface area (Å²) < 4.78 is 31.1. The predicted molar refractivity (Wildman–Crippen MR) is 114 cm³/mol. The molecule has 0 aliphatic carbocycles. The summed E-state index contributed by atoms with van der Waals surface area (Å²) in [6, 6.07) is 8.31. The number of hydrogen-bond acceptors (Lipinski definition) is 8. The SMILES string of the molecule is COc1ccc(/C=C/C(=O)OCC(=O)Nc2cc(OC)c(OC)c(OC)c2)cc1OC. The minimum absolute atomic E-state index is 0.381. The smallest absolute Gasteiger partial charge is 0.331 e. The molecule has 0 radical (unpaired) electrons. The van der Waals surface area contributed by atoms with Crippen LogP contribution in [-0.2, 0) is 14.3 Å². The largest absolute Gasteiger partial charge is 0.493 e. The third-order valence-corrected chi connectivity index (χ3v) is 4.11. The fraction of sp³-hybridized carbons (Fsp3) is 0.273. The van der Waals surface area contributed by atoms with Gasteiger partial charge in [-0.05, 0) is 23.8 Å². The summed E-state index contributed by atoms with van der Waals surface area (Å²) in [6.45, 7) is -0.467. The molecule has 9 nitrogen and oxygen atoms in total. The van der Waals surface area contributed by atoms with Crippen LogP contribution < -0.4 is 29.0 Å². The molecule has 0 heterocycles. The lowest BCUT2D eigenvalue weighted by atomic mass is 10.2. The van der Waals surface area contributed by atoms with Gasteiger partial charge in [-0.15, -0.1) is 0 Å². The number of anilines is 1. The minimum atomic E-state index is -0.671. The highest BCUT2D eigenvalue weighted by Gasteiger charge is 2.15. The molecule has 0 saturated carbocycles. The lowest BCUT2D eigenvalue weighted by Crippen LogP contribution is -2.20. The molecule has 0 spiro atoms. The van der Waals surface area contributed by atoms with Gasteiger partial charge in [-0.1, -0.05) is 6.07 Å². The molecule has 2 aromatic carbocycles. The van der Waals surface area contributed by atoms with Gasteiger partial charge >= 0.3 is 5.97 Å². The van der Waals surface area contributed by atoms with Crippen molar-refractivity contribution < 1.29 is 38.0 Å². The summed E-state index contributed by atoms with van der Waals surface area (Å²) in [6.07, 6.45) is 2.76. The number of methoxy groups -OCH3 is 5. The van der Waals surface area contributed by atoms with Crippen LogP contribution in [0.1, 0.15) is 5.56 Å². The molecular formula is C22H25NO8. The molecule has 0 unspecified atom stereocenters. The number of carbonyl (C=O) groups is 2. The van der Waals surface area contributed by atoms with Crippen molar-refractivity contribution in [2.45, 2.75) is 0 Å². The van der Waals surface area contributed by atoms with Crippen LogP contribution in [0.4, 0.5) is 5.69 Å². The molecule has 166 valence electrons. The molecular weight excluding hydrogens is 406 g/mol. The van der Waals surface area contributed by atoms with Gasteiger partial charge in [-0.3, -0.25) is 4.79 Å². The highest BCUT2D eigenvalue weighted by atomic mass is 16.5. The van der Waals surface area contributed by atoms with E-state index in [0.29, 0.717) is 40.0 Å². The van der Waals surface area contributed by atoms with Gasteiger partial charge in [0.15, 0.2) is 29.6 Å². The van der Waals surface area contributed by atoms with Gasteiger partial charge in [0.25, 0.3) is 5.91 Å². The van der Waals surface area contributed by atoms with Gasteiger partial charge in [0.05, 0.1) is 35.5 Å². The molecule has 1 N–H and O–H groups in total. The first kappa shape index (κ1) is 23.4. The Morgan fingerprint density at radius 3 is 1.97 bits per heavy atom. The molecule has 2 aromatic rings. The summed E-state index contributed by atoms with van der Waals surface area (Å²) >= 11 is 0. The fourth-order valence-corrected chi connectivity index (χ4v) is 2.66. The number of hydrogen-bond donors (Lipinski definition) is 1. The lowest BCUT2D eigenvalue weighted by Gasteiger charge is -2.14. The summed E-state index contributed by atoms with van der Waals surface area (Å²) in [5.41, 5.74) is 1.10. The molecule has 2 rings (SSSR count). The predicted octanol–water partition coefficient (Wildman–Crippen LogP) is 2.92. The zero-order valence-corrected chi connectivity index (χ0v) is 18.0. The molecule has 0 atom stereocenters. The number of ether oxygens (including phenoxy) is 6. The van der Waals surface area contributed by atoms with Gasteiger partial charge < -0.3 is 33.7 Å². The normalized spacial score (nSPS) is 10.4. The fourth-order valence-electron chi connectivity index (χ4n) is 2.66. The van der Waals surface area contributed by atoms with E-state index < -0.39 is 18.5 Å². The van der Waals surface area contributed by atoms with Gasteiger partial charge in [0.2, 0.25) is 5.75 Å². The van der Waals surface area contributed by atoms with E-state index in [2.05, 4.69) is 5.32 Å². The van der Waals surface area contributed by atoms with Crippen molar-refractivity contribution in [3.63, 3.8) is 0 Å². The second kappa shape index (κ2) is 11.3. The Morgan fingerprint density at radius 2 is 1.42 bits per heavy atom. The van der Waals surface area contributed by atoms with Crippen molar-refractivity contribution in [1.82, 2.24) is 0 Å². The summed E-state index contributed by atoms with van der Waals surface area (Å²) in [7, 11) is 7.47. The molecule has 9 heteroatoms. The molecule has 31 heavy (non-hydrogen) atoms. The van der Waals surface area contributed by atoms with E-state index in [-0.39, 0.29) is 0 Å². The van der Waals surface area contributed by atoms with Crippen molar-refractivity contribution in [2.24, 2.45) is 0 Å². The maximum Gasteiger partial charge on any atom is 0.331 e. The lowest BCUT2D eigenvalue weighted by molar-refractivity contribution is -0.142. The van der Waals surface area contributed by atoms with Gasteiger partial charge in [-0.2, -0.15) is 0 Å². The molecule has 0 bridgehead atoms. The van der Waals surface area contributed by atoms with Crippen molar-refractivity contribution in [3.05, 3.63) is 42.0 Å². The summed E-state index contributed by atoms with van der Waals surface area (Å²) in [5, 5.41) is 2.61. The second-order valence-corrected chi connectivity index (χ2v) is 6.02. The van der Waals surface area contributed by atoms with Crippen LogP contribution >= 0.6 is 0 Å². The van der Waals surface area contributed by atoms with E-state index in [1.165, 1.54) is 41.6 Å². The third-order valence-electron chi connectivity index (χ3n) is 4.11. The van der Waals surface area contributed by atoms with Crippen LogP contribution in [0.3, 0.4) is 0 Å². The van der Waals surface area contributed by atoms with Crippen LogP contribution in [0.5, 0.6) is 28.7 Å². The van der Waals surface area contributed by atoms with Crippen LogP contribution in [0.2, 0.25) is 0 Å². The Morgan fingerprint density at radius 1 is 0.806 bits per heavy atom. The quantitative estimate of drug-likeness (QED) is 0.453. The topological polar surface area (TPSA) is 102 Å². The summed E-state index contributed by atoms with van der Waals surface area (Å²) in [4.78, 5) is 24.1. The first-order valence-corrected chi connectivity index (χ1v) is 9.12. The van der Waals surface area contributed by atoms with Crippen molar-refractivity contribution in [2.75, 3.05) is 47.5 Å². The second-order valence-electron chi connectivity index (χ2n) is 6.02. The zero-order chi connectivity index (χ0) is 22.8.